The van der Waals surface area contributed by atoms with Crippen LogP contribution in [0.15, 0.2) is 58.3 Å². The maximum absolute atomic E-state index is 12.5. The molecule has 0 radical (unpaired) electrons. The Hall–Kier alpha value is -1.96. The second-order valence-electron chi connectivity index (χ2n) is 5.55. The fourth-order valence-electron chi connectivity index (χ4n) is 2.20. The minimum Gasteiger partial charge on any atom is -0.457 e. The molecule has 0 aromatic heterocycles. The Morgan fingerprint density at radius 1 is 1.07 bits per heavy atom. The van der Waals surface area contributed by atoms with Gasteiger partial charge in [0.2, 0.25) is 5.91 Å². The van der Waals surface area contributed by atoms with Crippen LogP contribution in [0.4, 0.5) is 0 Å². The molecule has 7 heteroatoms. The lowest BCUT2D eigenvalue weighted by molar-refractivity contribution is -0.118. The van der Waals surface area contributed by atoms with E-state index in [2.05, 4.69) is 5.32 Å². The number of amides is 1. The predicted molar refractivity (Wildman–Crippen MR) is 109 cm³/mol. The summed E-state index contributed by atoms with van der Waals surface area (Å²) in [6.45, 7) is 1.15. The largest absolute Gasteiger partial charge is 0.457 e. The summed E-state index contributed by atoms with van der Waals surface area (Å²) in [7, 11) is 1.58. The highest BCUT2D eigenvalue weighted by Gasteiger charge is 2.14. The monoisotopic (exact) mass is 405 g/mol. The molecule has 0 saturated carbocycles. The Morgan fingerprint density at radius 3 is 2.52 bits per heavy atom. The van der Waals surface area contributed by atoms with Crippen LogP contribution in [0.1, 0.15) is 15.9 Å². The SMILES string of the molecule is COCCNC(=O)CSc1ccccc1C(=O)OCc1ccc(SC)cc1. The van der Waals surface area contributed by atoms with Gasteiger partial charge >= 0.3 is 5.97 Å². The van der Waals surface area contributed by atoms with Crippen LogP contribution in [0.3, 0.4) is 0 Å². The summed E-state index contributed by atoms with van der Waals surface area (Å²) in [5.41, 5.74) is 1.40. The first-order chi connectivity index (χ1) is 13.1. The molecule has 0 unspecified atom stereocenters. The first-order valence-corrected chi connectivity index (χ1v) is 10.6. The van der Waals surface area contributed by atoms with Crippen molar-refractivity contribution >= 4 is 35.4 Å². The van der Waals surface area contributed by atoms with E-state index in [1.807, 2.05) is 42.7 Å². The van der Waals surface area contributed by atoms with Crippen LogP contribution in [0.25, 0.3) is 0 Å². The summed E-state index contributed by atoms with van der Waals surface area (Å²) >= 11 is 2.98. The van der Waals surface area contributed by atoms with E-state index in [0.717, 1.165) is 15.4 Å². The van der Waals surface area contributed by atoms with E-state index in [4.69, 9.17) is 9.47 Å². The lowest BCUT2D eigenvalue weighted by atomic mass is 10.2. The van der Waals surface area contributed by atoms with Crippen molar-refractivity contribution in [1.29, 1.82) is 0 Å². The molecule has 1 N–H and O–H groups in total. The van der Waals surface area contributed by atoms with Gasteiger partial charge in [0, 0.05) is 23.4 Å². The number of carbonyl (C=O) groups excluding carboxylic acids is 2. The molecule has 144 valence electrons. The molecule has 0 spiro atoms. The van der Waals surface area contributed by atoms with Gasteiger partial charge in [0.1, 0.15) is 6.61 Å². The quantitative estimate of drug-likeness (QED) is 0.370. The first-order valence-electron chi connectivity index (χ1n) is 8.41. The van der Waals surface area contributed by atoms with E-state index in [0.29, 0.717) is 18.7 Å². The van der Waals surface area contributed by atoms with Crippen LogP contribution in [-0.2, 0) is 20.9 Å². The molecule has 5 nitrogen and oxygen atoms in total. The van der Waals surface area contributed by atoms with Crippen molar-refractivity contribution in [3.63, 3.8) is 0 Å². The lowest BCUT2D eigenvalue weighted by Gasteiger charge is -2.10. The summed E-state index contributed by atoms with van der Waals surface area (Å²) in [4.78, 5) is 26.2. The zero-order chi connectivity index (χ0) is 19.5. The average molecular weight is 406 g/mol. The van der Waals surface area contributed by atoms with Crippen molar-refractivity contribution in [2.75, 3.05) is 32.3 Å². The average Bonchev–Trinajstić information content (AvgIpc) is 2.71. The van der Waals surface area contributed by atoms with E-state index in [1.165, 1.54) is 11.8 Å². The van der Waals surface area contributed by atoms with Crippen LogP contribution in [-0.4, -0.2) is 44.1 Å². The minimum absolute atomic E-state index is 0.103. The van der Waals surface area contributed by atoms with Crippen LogP contribution >= 0.6 is 23.5 Å². The molecular formula is C20H23NO4S2. The van der Waals surface area contributed by atoms with Gasteiger partial charge in [-0.2, -0.15) is 0 Å². The topological polar surface area (TPSA) is 64.6 Å². The van der Waals surface area contributed by atoms with Gasteiger partial charge in [0.25, 0.3) is 0 Å². The highest BCUT2D eigenvalue weighted by atomic mass is 32.2. The third-order valence-corrected chi connectivity index (χ3v) is 5.44. The number of carbonyl (C=O) groups is 2. The van der Waals surface area contributed by atoms with Gasteiger partial charge in [0.15, 0.2) is 0 Å². The van der Waals surface area contributed by atoms with Crippen molar-refractivity contribution in [2.45, 2.75) is 16.4 Å². The summed E-state index contributed by atoms with van der Waals surface area (Å²) in [6.07, 6.45) is 2.02. The summed E-state index contributed by atoms with van der Waals surface area (Å²) in [6, 6.07) is 15.0. The van der Waals surface area contributed by atoms with Crippen LogP contribution in [0.2, 0.25) is 0 Å². The Labute approximate surface area is 168 Å². The zero-order valence-corrected chi connectivity index (χ0v) is 17.0. The predicted octanol–water partition coefficient (Wildman–Crippen LogP) is 3.62. The number of nitrogens with one attached hydrogen (secondary N) is 1. The molecular weight excluding hydrogens is 382 g/mol. The zero-order valence-electron chi connectivity index (χ0n) is 15.4. The van der Waals surface area contributed by atoms with Gasteiger partial charge in [0.05, 0.1) is 17.9 Å². The van der Waals surface area contributed by atoms with Crippen LogP contribution in [0, 0.1) is 0 Å². The van der Waals surface area contributed by atoms with Gasteiger partial charge in [-0.15, -0.1) is 23.5 Å². The second-order valence-corrected chi connectivity index (χ2v) is 7.45. The highest BCUT2D eigenvalue weighted by Crippen LogP contribution is 2.23. The number of thioether (sulfide) groups is 2. The van der Waals surface area contributed by atoms with Gasteiger partial charge in [-0.05, 0) is 36.1 Å². The number of esters is 1. The van der Waals surface area contributed by atoms with Gasteiger partial charge < -0.3 is 14.8 Å². The second kappa shape index (κ2) is 11.7. The number of hydrogen-bond acceptors (Lipinski definition) is 6. The van der Waals surface area contributed by atoms with Gasteiger partial charge in [-0.25, -0.2) is 4.79 Å². The number of benzene rings is 2. The number of methoxy groups -OCH3 is 1. The Balaban J connectivity index is 1.90. The molecule has 2 rings (SSSR count). The van der Waals surface area contributed by atoms with E-state index in [1.54, 1.807) is 31.0 Å². The molecule has 27 heavy (non-hydrogen) atoms. The van der Waals surface area contributed by atoms with E-state index < -0.39 is 5.97 Å². The maximum Gasteiger partial charge on any atom is 0.339 e. The molecule has 0 atom stereocenters. The lowest BCUT2D eigenvalue weighted by Crippen LogP contribution is -2.28. The Bertz CT molecular complexity index is 750. The first kappa shape index (κ1) is 21.3. The number of ether oxygens (including phenoxy) is 2. The third-order valence-electron chi connectivity index (χ3n) is 3.62. The molecule has 0 heterocycles. The van der Waals surface area contributed by atoms with Crippen LogP contribution < -0.4 is 5.32 Å². The van der Waals surface area contributed by atoms with Crippen molar-refractivity contribution in [3.8, 4) is 0 Å². The standard InChI is InChI=1S/C20H23NO4S2/c1-24-12-11-21-19(22)14-27-18-6-4-3-5-17(18)20(23)25-13-15-7-9-16(26-2)10-8-15/h3-10H,11-14H2,1-2H3,(H,21,22). The molecule has 1 amide bonds. The highest BCUT2D eigenvalue weighted by molar-refractivity contribution is 8.00. The van der Waals surface area contributed by atoms with Gasteiger partial charge in [-0.1, -0.05) is 24.3 Å². The fraction of sp³-hybridized carbons (Fsp3) is 0.300. The molecule has 0 saturated heterocycles. The van der Waals surface area contributed by atoms with Gasteiger partial charge in [-0.3, -0.25) is 4.79 Å². The Kier molecular flexibility index (Phi) is 9.24. The van der Waals surface area contributed by atoms with E-state index in [9.17, 15) is 9.59 Å². The number of hydrogen-bond donors (Lipinski definition) is 1. The van der Waals surface area contributed by atoms with E-state index >= 15 is 0 Å². The fourth-order valence-corrected chi connectivity index (χ4v) is 3.47. The smallest absolute Gasteiger partial charge is 0.339 e. The molecule has 2 aromatic carbocycles. The van der Waals surface area contributed by atoms with Crippen molar-refractivity contribution < 1.29 is 19.1 Å². The minimum atomic E-state index is -0.396. The Morgan fingerprint density at radius 2 is 1.81 bits per heavy atom. The molecule has 0 aliphatic rings. The molecule has 2 aromatic rings. The van der Waals surface area contributed by atoms with Crippen molar-refractivity contribution in [2.24, 2.45) is 0 Å². The number of rotatable bonds is 10. The maximum atomic E-state index is 12.5. The molecule has 0 bridgehead atoms. The van der Waals surface area contributed by atoms with E-state index in [-0.39, 0.29) is 18.3 Å². The molecule has 0 aliphatic carbocycles. The van der Waals surface area contributed by atoms with Crippen molar-refractivity contribution in [1.82, 2.24) is 5.32 Å². The van der Waals surface area contributed by atoms with Crippen LogP contribution in [0.5, 0.6) is 0 Å². The summed E-state index contributed by atoms with van der Waals surface area (Å²) in [5, 5.41) is 2.76. The summed E-state index contributed by atoms with van der Waals surface area (Å²) < 4.78 is 10.3. The van der Waals surface area contributed by atoms with Crippen molar-refractivity contribution in [3.05, 3.63) is 59.7 Å². The molecule has 0 fully saturated rings. The summed E-state index contributed by atoms with van der Waals surface area (Å²) in [5.74, 6) is -0.273. The normalized spacial score (nSPS) is 10.4. The third kappa shape index (κ3) is 7.28. The molecule has 0 aliphatic heterocycles.